The number of aromatic nitrogens is 1. The lowest BCUT2D eigenvalue weighted by molar-refractivity contribution is 0.0993. The molecule has 2 heterocycles. The standard InChI is InChI=1S/C27H36N4O2/c1-3-4-17-33-25-12-5-20(6-13-25)27(32)29(2)23-11-14-26(28-18-23)30-16-15-24(19-30)31(21-7-8-21)22-9-10-22/h5-6,11-14,18,21-22,24H,3-4,7-10,15-17,19H2,1-2H3/t24-/m1/s1. The Balaban J connectivity index is 1.18. The third-order valence-corrected chi connectivity index (χ3v) is 7.14. The Morgan fingerprint density at radius 2 is 1.76 bits per heavy atom. The lowest BCUT2D eigenvalue weighted by Crippen LogP contribution is -2.40. The summed E-state index contributed by atoms with van der Waals surface area (Å²) < 4.78 is 5.70. The number of benzene rings is 1. The van der Waals surface area contributed by atoms with Gasteiger partial charge in [0, 0.05) is 43.8 Å². The number of ether oxygens (including phenoxy) is 1. The summed E-state index contributed by atoms with van der Waals surface area (Å²) in [5.74, 6) is 1.78. The molecule has 1 amide bonds. The van der Waals surface area contributed by atoms with Crippen molar-refractivity contribution in [2.75, 3.05) is 36.5 Å². The summed E-state index contributed by atoms with van der Waals surface area (Å²) in [4.78, 5) is 24.6. The van der Waals surface area contributed by atoms with Crippen molar-refractivity contribution in [1.29, 1.82) is 0 Å². The first-order valence-electron chi connectivity index (χ1n) is 12.6. The van der Waals surface area contributed by atoms with Crippen LogP contribution in [0, 0.1) is 0 Å². The quantitative estimate of drug-likeness (QED) is 0.491. The molecule has 0 bridgehead atoms. The van der Waals surface area contributed by atoms with Crippen LogP contribution in [0.2, 0.25) is 0 Å². The highest BCUT2D eigenvalue weighted by Gasteiger charge is 2.44. The van der Waals surface area contributed by atoms with Gasteiger partial charge in [0.15, 0.2) is 0 Å². The number of anilines is 2. The average molecular weight is 449 g/mol. The van der Waals surface area contributed by atoms with Crippen molar-refractivity contribution >= 4 is 17.4 Å². The number of amides is 1. The number of nitrogens with zero attached hydrogens (tertiary/aromatic N) is 4. The van der Waals surface area contributed by atoms with E-state index in [1.807, 2.05) is 36.5 Å². The Hall–Kier alpha value is -2.60. The van der Waals surface area contributed by atoms with Crippen LogP contribution in [-0.2, 0) is 0 Å². The summed E-state index contributed by atoms with van der Waals surface area (Å²) >= 11 is 0. The molecule has 2 aliphatic carbocycles. The molecule has 2 aromatic rings. The van der Waals surface area contributed by atoms with Gasteiger partial charge in [-0.1, -0.05) is 13.3 Å². The highest BCUT2D eigenvalue weighted by molar-refractivity contribution is 6.05. The lowest BCUT2D eigenvalue weighted by atomic mass is 10.2. The van der Waals surface area contributed by atoms with Gasteiger partial charge in [0.1, 0.15) is 11.6 Å². The van der Waals surface area contributed by atoms with E-state index in [9.17, 15) is 4.79 Å². The van der Waals surface area contributed by atoms with E-state index in [2.05, 4.69) is 22.8 Å². The summed E-state index contributed by atoms with van der Waals surface area (Å²) in [5.41, 5.74) is 1.45. The predicted octanol–water partition coefficient (Wildman–Crippen LogP) is 4.74. The van der Waals surface area contributed by atoms with Gasteiger partial charge in [-0.2, -0.15) is 0 Å². The van der Waals surface area contributed by atoms with Gasteiger partial charge in [-0.25, -0.2) is 4.98 Å². The van der Waals surface area contributed by atoms with Crippen LogP contribution in [0.15, 0.2) is 42.6 Å². The lowest BCUT2D eigenvalue weighted by Gasteiger charge is -2.29. The van der Waals surface area contributed by atoms with Gasteiger partial charge in [0.2, 0.25) is 0 Å². The van der Waals surface area contributed by atoms with Gasteiger partial charge < -0.3 is 14.5 Å². The molecular weight excluding hydrogens is 412 g/mol. The molecule has 1 saturated heterocycles. The molecule has 2 saturated carbocycles. The third-order valence-electron chi connectivity index (χ3n) is 7.14. The molecule has 1 atom stereocenters. The van der Waals surface area contributed by atoms with Crippen molar-refractivity contribution in [2.24, 2.45) is 0 Å². The van der Waals surface area contributed by atoms with E-state index >= 15 is 0 Å². The second kappa shape index (κ2) is 9.72. The summed E-state index contributed by atoms with van der Waals surface area (Å²) in [6, 6.07) is 13.8. The molecule has 176 valence electrons. The van der Waals surface area contributed by atoms with Crippen molar-refractivity contribution < 1.29 is 9.53 Å². The minimum Gasteiger partial charge on any atom is -0.494 e. The molecule has 5 rings (SSSR count). The Labute approximate surface area is 197 Å². The first-order chi connectivity index (χ1) is 16.1. The fourth-order valence-electron chi connectivity index (χ4n) is 4.94. The molecule has 1 aliphatic heterocycles. The Morgan fingerprint density at radius 3 is 2.36 bits per heavy atom. The van der Waals surface area contributed by atoms with E-state index in [4.69, 9.17) is 9.72 Å². The summed E-state index contributed by atoms with van der Waals surface area (Å²) in [6.45, 7) is 4.98. The van der Waals surface area contributed by atoms with Crippen molar-refractivity contribution in [3.8, 4) is 5.75 Å². The number of carbonyl (C=O) groups excluding carboxylic acids is 1. The molecule has 0 unspecified atom stereocenters. The average Bonchev–Trinajstić information content (AvgIpc) is 3.79. The van der Waals surface area contributed by atoms with Crippen LogP contribution in [0.25, 0.3) is 0 Å². The molecule has 1 aromatic heterocycles. The first-order valence-corrected chi connectivity index (χ1v) is 12.6. The molecule has 3 fully saturated rings. The SMILES string of the molecule is CCCCOc1ccc(C(=O)N(C)c2ccc(N3CC[C@@H](N(C4CC4)C4CC4)C3)nc2)cc1. The second-order valence-corrected chi connectivity index (χ2v) is 9.76. The van der Waals surface area contributed by atoms with Gasteiger partial charge in [-0.05, 0) is 74.9 Å². The Morgan fingerprint density at radius 1 is 1.03 bits per heavy atom. The van der Waals surface area contributed by atoms with Crippen LogP contribution in [-0.4, -0.2) is 60.7 Å². The van der Waals surface area contributed by atoms with E-state index in [-0.39, 0.29) is 5.91 Å². The van der Waals surface area contributed by atoms with Gasteiger partial charge >= 0.3 is 0 Å². The number of rotatable bonds is 10. The predicted molar refractivity (Wildman–Crippen MR) is 132 cm³/mol. The van der Waals surface area contributed by atoms with Crippen LogP contribution >= 0.6 is 0 Å². The maximum absolute atomic E-state index is 13.0. The molecule has 1 aromatic carbocycles. The van der Waals surface area contributed by atoms with E-state index in [0.717, 1.165) is 55.3 Å². The minimum absolute atomic E-state index is 0.0459. The topological polar surface area (TPSA) is 48.9 Å². The molecule has 6 heteroatoms. The largest absolute Gasteiger partial charge is 0.494 e. The maximum atomic E-state index is 13.0. The maximum Gasteiger partial charge on any atom is 0.258 e. The van der Waals surface area contributed by atoms with Crippen molar-refractivity contribution in [3.63, 3.8) is 0 Å². The number of unbranched alkanes of at least 4 members (excludes halogenated alkanes) is 1. The van der Waals surface area contributed by atoms with Crippen LogP contribution in [0.4, 0.5) is 11.5 Å². The van der Waals surface area contributed by atoms with E-state index in [1.54, 1.807) is 11.9 Å². The van der Waals surface area contributed by atoms with Crippen molar-refractivity contribution in [1.82, 2.24) is 9.88 Å². The monoisotopic (exact) mass is 448 g/mol. The van der Waals surface area contributed by atoms with E-state index < -0.39 is 0 Å². The molecule has 0 N–H and O–H groups in total. The zero-order valence-electron chi connectivity index (χ0n) is 19.9. The normalized spacial score (nSPS) is 20.3. The molecular formula is C27H36N4O2. The third kappa shape index (κ3) is 5.16. The molecule has 33 heavy (non-hydrogen) atoms. The summed E-state index contributed by atoms with van der Waals surface area (Å²) in [6.07, 6.45) is 10.7. The fourth-order valence-corrected chi connectivity index (χ4v) is 4.94. The highest BCUT2D eigenvalue weighted by atomic mass is 16.5. The van der Waals surface area contributed by atoms with Gasteiger partial charge in [-0.15, -0.1) is 0 Å². The van der Waals surface area contributed by atoms with Crippen LogP contribution in [0.5, 0.6) is 5.75 Å². The van der Waals surface area contributed by atoms with Crippen LogP contribution in [0.3, 0.4) is 0 Å². The molecule has 6 nitrogen and oxygen atoms in total. The first kappa shape index (κ1) is 22.2. The summed E-state index contributed by atoms with van der Waals surface area (Å²) in [5, 5.41) is 0. The zero-order chi connectivity index (χ0) is 22.8. The number of carbonyl (C=O) groups is 1. The van der Waals surface area contributed by atoms with Crippen LogP contribution < -0.4 is 14.5 Å². The number of pyridine rings is 1. The highest BCUT2D eigenvalue weighted by Crippen LogP contribution is 2.41. The van der Waals surface area contributed by atoms with Crippen LogP contribution in [0.1, 0.15) is 62.2 Å². The van der Waals surface area contributed by atoms with E-state index in [0.29, 0.717) is 18.2 Å². The fraction of sp³-hybridized carbons (Fsp3) is 0.556. The second-order valence-electron chi connectivity index (χ2n) is 9.76. The van der Waals surface area contributed by atoms with Crippen molar-refractivity contribution in [2.45, 2.75) is 70.0 Å². The molecule has 3 aliphatic rings. The van der Waals surface area contributed by atoms with Gasteiger partial charge in [0.05, 0.1) is 18.5 Å². The zero-order valence-corrected chi connectivity index (χ0v) is 19.9. The Bertz CT molecular complexity index is 926. The van der Waals surface area contributed by atoms with Crippen molar-refractivity contribution in [3.05, 3.63) is 48.2 Å². The molecule has 0 radical (unpaired) electrons. The number of hydrogen-bond acceptors (Lipinski definition) is 5. The summed E-state index contributed by atoms with van der Waals surface area (Å²) in [7, 11) is 1.81. The minimum atomic E-state index is -0.0459. The number of hydrogen-bond donors (Lipinski definition) is 0. The van der Waals surface area contributed by atoms with Gasteiger partial charge in [-0.3, -0.25) is 9.69 Å². The Kier molecular flexibility index (Phi) is 6.54. The smallest absolute Gasteiger partial charge is 0.258 e. The van der Waals surface area contributed by atoms with Gasteiger partial charge in [0.25, 0.3) is 5.91 Å². The van der Waals surface area contributed by atoms with E-state index in [1.165, 1.54) is 32.1 Å². The molecule has 0 spiro atoms.